The van der Waals surface area contributed by atoms with Gasteiger partial charge in [0.1, 0.15) is 0 Å². The summed E-state index contributed by atoms with van der Waals surface area (Å²) in [4.78, 5) is 0. The Balaban J connectivity index is 2.09. The van der Waals surface area contributed by atoms with Crippen molar-refractivity contribution in [3.8, 4) is 0 Å². The number of hydrogen-bond acceptors (Lipinski definition) is 3. The summed E-state index contributed by atoms with van der Waals surface area (Å²) in [5.74, 6) is 8.68. The molecule has 1 heterocycles. The molecule has 94 valence electrons. The third-order valence-electron chi connectivity index (χ3n) is 3.20. The maximum atomic E-state index is 6.17. The van der Waals surface area contributed by atoms with Crippen LogP contribution in [0.4, 0.5) is 0 Å². The van der Waals surface area contributed by atoms with Gasteiger partial charge in [-0.05, 0) is 54.0 Å². The summed E-state index contributed by atoms with van der Waals surface area (Å²) in [5.41, 5.74) is 3.99. The zero-order chi connectivity index (χ0) is 12.3. The monoisotopic (exact) mass is 290 g/mol. The van der Waals surface area contributed by atoms with Gasteiger partial charge in [-0.15, -0.1) is 0 Å². The number of halogens is 2. The standard InChI is InChI=1S/C12H16Cl2N2S/c13-10-1-2-11(14)9(5-10)6-12(16-15)8-3-4-17-7-8/h1-2,5,8,12,16H,3-4,6-7,15H2. The molecule has 1 fully saturated rings. The Morgan fingerprint density at radius 3 is 2.94 bits per heavy atom. The molecular weight excluding hydrogens is 275 g/mol. The van der Waals surface area contributed by atoms with Crippen molar-refractivity contribution in [1.29, 1.82) is 0 Å². The molecule has 17 heavy (non-hydrogen) atoms. The molecule has 0 aromatic heterocycles. The van der Waals surface area contributed by atoms with Crippen LogP contribution in [0.1, 0.15) is 12.0 Å². The van der Waals surface area contributed by atoms with Crippen molar-refractivity contribution >= 4 is 35.0 Å². The Hall–Kier alpha value is 0.0700. The fourth-order valence-electron chi connectivity index (χ4n) is 2.17. The molecule has 1 aromatic rings. The second-order valence-electron chi connectivity index (χ2n) is 4.34. The van der Waals surface area contributed by atoms with Gasteiger partial charge in [0.25, 0.3) is 0 Å². The topological polar surface area (TPSA) is 38.0 Å². The summed E-state index contributed by atoms with van der Waals surface area (Å²) in [7, 11) is 0. The van der Waals surface area contributed by atoms with Crippen molar-refractivity contribution < 1.29 is 0 Å². The number of rotatable bonds is 4. The zero-order valence-corrected chi connectivity index (χ0v) is 11.8. The average molecular weight is 291 g/mol. The van der Waals surface area contributed by atoms with Crippen molar-refractivity contribution in [3.05, 3.63) is 33.8 Å². The zero-order valence-electron chi connectivity index (χ0n) is 9.46. The molecular formula is C12H16Cl2N2S. The van der Waals surface area contributed by atoms with Crippen LogP contribution >= 0.6 is 35.0 Å². The van der Waals surface area contributed by atoms with Crippen molar-refractivity contribution in [2.75, 3.05) is 11.5 Å². The first-order valence-electron chi connectivity index (χ1n) is 5.68. The van der Waals surface area contributed by atoms with Gasteiger partial charge < -0.3 is 0 Å². The molecule has 0 aliphatic carbocycles. The van der Waals surface area contributed by atoms with Crippen molar-refractivity contribution in [2.45, 2.75) is 18.9 Å². The third kappa shape index (κ3) is 3.52. The molecule has 2 atom stereocenters. The summed E-state index contributed by atoms with van der Waals surface area (Å²) >= 11 is 14.1. The van der Waals surface area contributed by atoms with Gasteiger partial charge in [0.15, 0.2) is 0 Å². The van der Waals surface area contributed by atoms with E-state index in [0.29, 0.717) is 5.92 Å². The lowest BCUT2D eigenvalue weighted by molar-refractivity contribution is 0.386. The van der Waals surface area contributed by atoms with E-state index in [1.807, 2.05) is 30.0 Å². The van der Waals surface area contributed by atoms with Gasteiger partial charge in [-0.2, -0.15) is 11.8 Å². The number of thioether (sulfide) groups is 1. The molecule has 2 rings (SSSR count). The van der Waals surface area contributed by atoms with Crippen LogP contribution in [0.3, 0.4) is 0 Å². The lowest BCUT2D eigenvalue weighted by atomic mass is 9.93. The molecule has 0 amide bonds. The summed E-state index contributed by atoms with van der Waals surface area (Å²) in [6, 6.07) is 5.86. The minimum absolute atomic E-state index is 0.279. The molecule has 5 heteroatoms. The Kier molecular flexibility index (Phi) is 5.00. The lowest BCUT2D eigenvalue weighted by Crippen LogP contribution is -2.42. The number of benzene rings is 1. The highest BCUT2D eigenvalue weighted by molar-refractivity contribution is 7.99. The van der Waals surface area contributed by atoms with E-state index in [1.54, 1.807) is 0 Å². The van der Waals surface area contributed by atoms with Crippen LogP contribution in [0.2, 0.25) is 10.0 Å². The van der Waals surface area contributed by atoms with Gasteiger partial charge >= 0.3 is 0 Å². The van der Waals surface area contributed by atoms with E-state index in [-0.39, 0.29) is 6.04 Å². The summed E-state index contributed by atoms with van der Waals surface area (Å²) in [5, 5.41) is 1.49. The van der Waals surface area contributed by atoms with Gasteiger partial charge in [-0.3, -0.25) is 11.3 Å². The highest BCUT2D eigenvalue weighted by Crippen LogP contribution is 2.29. The van der Waals surface area contributed by atoms with Gasteiger partial charge in [0, 0.05) is 16.1 Å². The molecule has 1 saturated heterocycles. The highest BCUT2D eigenvalue weighted by Gasteiger charge is 2.25. The quantitative estimate of drug-likeness (QED) is 0.661. The summed E-state index contributed by atoms with van der Waals surface area (Å²) in [6.45, 7) is 0. The Bertz CT molecular complexity index is 381. The fourth-order valence-corrected chi connectivity index (χ4v) is 3.90. The maximum absolute atomic E-state index is 6.17. The van der Waals surface area contributed by atoms with Gasteiger partial charge in [-0.25, -0.2) is 0 Å². The number of hydrogen-bond donors (Lipinski definition) is 2. The van der Waals surface area contributed by atoms with E-state index in [2.05, 4.69) is 5.43 Å². The number of hydrazine groups is 1. The molecule has 1 aliphatic rings. The van der Waals surface area contributed by atoms with Crippen LogP contribution in [-0.2, 0) is 6.42 Å². The molecule has 0 bridgehead atoms. The third-order valence-corrected chi connectivity index (χ3v) is 4.99. The normalized spacial score (nSPS) is 21.7. The number of nitrogens with two attached hydrogens (primary N) is 1. The first-order valence-corrected chi connectivity index (χ1v) is 7.59. The van der Waals surface area contributed by atoms with E-state index in [9.17, 15) is 0 Å². The van der Waals surface area contributed by atoms with Crippen molar-refractivity contribution in [3.63, 3.8) is 0 Å². The SMILES string of the molecule is NNC(Cc1cc(Cl)ccc1Cl)C1CCSC1. The predicted octanol–water partition coefficient (Wildman–Crippen LogP) is 3.12. The van der Waals surface area contributed by atoms with Crippen LogP contribution < -0.4 is 11.3 Å². The Labute approximate surface area is 116 Å². The van der Waals surface area contributed by atoms with Crippen LogP contribution in [0.5, 0.6) is 0 Å². The molecule has 1 aromatic carbocycles. The van der Waals surface area contributed by atoms with Crippen molar-refractivity contribution in [2.24, 2.45) is 11.8 Å². The minimum atomic E-state index is 0.279. The Morgan fingerprint density at radius 2 is 2.29 bits per heavy atom. The largest absolute Gasteiger partial charge is 0.271 e. The van der Waals surface area contributed by atoms with E-state index >= 15 is 0 Å². The molecule has 0 saturated carbocycles. The molecule has 0 spiro atoms. The van der Waals surface area contributed by atoms with E-state index < -0.39 is 0 Å². The number of nitrogens with one attached hydrogen (secondary N) is 1. The van der Waals surface area contributed by atoms with Crippen molar-refractivity contribution in [1.82, 2.24) is 5.43 Å². The predicted molar refractivity (Wildman–Crippen MR) is 76.7 cm³/mol. The first-order chi connectivity index (χ1) is 8.20. The smallest absolute Gasteiger partial charge is 0.0439 e. The second kappa shape index (κ2) is 6.30. The fraction of sp³-hybridized carbons (Fsp3) is 0.500. The molecule has 1 aliphatic heterocycles. The summed E-state index contributed by atoms with van der Waals surface area (Å²) in [6.07, 6.45) is 2.05. The van der Waals surface area contributed by atoms with Gasteiger partial charge in [0.2, 0.25) is 0 Å². The van der Waals surface area contributed by atoms with E-state index in [1.165, 1.54) is 17.9 Å². The second-order valence-corrected chi connectivity index (χ2v) is 6.33. The van der Waals surface area contributed by atoms with Crippen LogP contribution in [0.25, 0.3) is 0 Å². The highest BCUT2D eigenvalue weighted by atomic mass is 35.5. The first kappa shape index (κ1) is 13.5. The van der Waals surface area contributed by atoms with Crippen LogP contribution in [0.15, 0.2) is 18.2 Å². The maximum Gasteiger partial charge on any atom is 0.0439 e. The molecule has 2 unspecified atom stereocenters. The molecule has 3 N–H and O–H groups in total. The molecule has 2 nitrogen and oxygen atoms in total. The van der Waals surface area contributed by atoms with E-state index in [4.69, 9.17) is 29.0 Å². The Morgan fingerprint density at radius 1 is 1.47 bits per heavy atom. The summed E-state index contributed by atoms with van der Waals surface area (Å²) < 4.78 is 0. The lowest BCUT2D eigenvalue weighted by Gasteiger charge is -2.22. The minimum Gasteiger partial charge on any atom is -0.271 e. The van der Waals surface area contributed by atoms with E-state index in [0.717, 1.165) is 22.0 Å². The van der Waals surface area contributed by atoms with Crippen LogP contribution in [-0.4, -0.2) is 17.5 Å². The average Bonchev–Trinajstić information content (AvgIpc) is 2.84. The van der Waals surface area contributed by atoms with Crippen LogP contribution in [0, 0.1) is 5.92 Å². The molecule has 0 radical (unpaired) electrons. The van der Waals surface area contributed by atoms with Gasteiger partial charge in [-0.1, -0.05) is 23.2 Å². The van der Waals surface area contributed by atoms with Gasteiger partial charge in [0.05, 0.1) is 0 Å².